The van der Waals surface area contributed by atoms with Crippen LogP contribution in [0.4, 0.5) is 0 Å². The van der Waals surface area contributed by atoms with Gasteiger partial charge in [0.25, 0.3) is 5.56 Å². The number of nitrogens with zero attached hydrogens (tertiary/aromatic N) is 1. The molecule has 0 radical (unpaired) electrons. The second kappa shape index (κ2) is 9.10. The zero-order chi connectivity index (χ0) is 19.1. The van der Waals surface area contributed by atoms with Crippen LogP contribution in [-0.4, -0.2) is 27.9 Å². The maximum absolute atomic E-state index is 12.6. The number of rotatable bonds is 5. The van der Waals surface area contributed by atoms with E-state index < -0.39 is 0 Å². The summed E-state index contributed by atoms with van der Waals surface area (Å²) in [5.74, 6) is 6.02. The number of hydrogen-bond acceptors (Lipinski definition) is 4. The fourth-order valence-electron chi connectivity index (χ4n) is 2.58. The van der Waals surface area contributed by atoms with Gasteiger partial charge in [-0.15, -0.1) is 0 Å². The Morgan fingerprint density at radius 2 is 1.70 bits per heavy atom. The molecule has 0 aliphatic heterocycles. The highest BCUT2D eigenvalue weighted by Crippen LogP contribution is 2.21. The molecule has 0 spiro atoms. The van der Waals surface area contributed by atoms with E-state index in [1.165, 1.54) is 0 Å². The highest BCUT2D eigenvalue weighted by molar-refractivity contribution is 7.71. The molecule has 2 N–H and O–H groups in total. The normalized spacial score (nSPS) is 10.3. The Morgan fingerprint density at radius 1 is 1.04 bits per heavy atom. The van der Waals surface area contributed by atoms with Gasteiger partial charge in [0.2, 0.25) is 0 Å². The first-order valence-electron chi connectivity index (χ1n) is 8.39. The van der Waals surface area contributed by atoms with Crippen molar-refractivity contribution in [2.24, 2.45) is 0 Å². The molecular formula is C21H18N2O3S. The molecule has 0 aliphatic carbocycles. The van der Waals surface area contributed by atoms with Crippen molar-refractivity contribution in [3.05, 3.63) is 86.9 Å². The van der Waals surface area contributed by atoms with E-state index in [2.05, 4.69) is 16.8 Å². The van der Waals surface area contributed by atoms with Crippen molar-refractivity contribution in [1.29, 1.82) is 0 Å². The molecule has 0 amide bonds. The molecule has 0 unspecified atom stereocenters. The van der Waals surface area contributed by atoms with Gasteiger partial charge in [-0.1, -0.05) is 60.4 Å². The lowest BCUT2D eigenvalue weighted by molar-refractivity contribution is 0.0475. The maximum Gasteiger partial charge on any atom is 0.268 e. The third-order valence-corrected chi connectivity index (χ3v) is 4.13. The van der Waals surface area contributed by atoms with Gasteiger partial charge in [0.15, 0.2) is 4.77 Å². The van der Waals surface area contributed by atoms with E-state index in [4.69, 9.17) is 22.1 Å². The lowest BCUT2D eigenvalue weighted by atomic mass is 10.1. The van der Waals surface area contributed by atoms with Gasteiger partial charge < -0.3 is 9.84 Å². The van der Waals surface area contributed by atoms with Gasteiger partial charge in [0, 0.05) is 5.56 Å². The van der Waals surface area contributed by atoms with Gasteiger partial charge in [-0.3, -0.25) is 14.3 Å². The topological polar surface area (TPSA) is 67.2 Å². The zero-order valence-electron chi connectivity index (χ0n) is 14.5. The Bertz CT molecular complexity index is 1080. The van der Waals surface area contributed by atoms with Crippen LogP contribution in [0.15, 0.2) is 65.5 Å². The number of aliphatic hydroxyl groups is 1. The number of aliphatic hydroxyl groups excluding tert-OH is 1. The van der Waals surface area contributed by atoms with Gasteiger partial charge in [-0.2, -0.15) is 0 Å². The average molecular weight is 378 g/mol. The van der Waals surface area contributed by atoms with Crippen LogP contribution in [0.3, 0.4) is 0 Å². The second-order valence-electron chi connectivity index (χ2n) is 5.65. The van der Waals surface area contributed by atoms with Gasteiger partial charge in [-0.05, 0) is 29.9 Å². The van der Waals surface area contributed by atoms with E-state index in [-0.39, 0.29) is 30.3 Å². The van der Waals surface area contributed by atoms with Crippen molar-refractivity contribution in [1.82, 2.24) is 9.55 Å². The number of ether oxygens (including phenoxy) is 1. The average Bonchev–Trinajstić information content (AvgIpc) is 2.70. The number of benzene rings is 2. The lowest BCUT2D eigenvalue weighted by Gasteiger charge is -2.15. The third-order valence-electron chi connectivity index (χ3n) is 3.81. The molecule has 0 atom stereocenters. The SMILES string of the molecule is O=c1[nH]c(=S)n(COCCO)c(-c2ccccc2)c1C#Cc1ccccc1. The Hall–Kier alpha value is -2.98. The Kier molecular flexibility index (Phi) is 6.34. The van der Waals surface area contributed by atoms with E-state index in [0.29, 0.717) is 11.3 Å². The summed E-state index contributed by atoms with van der Waals surface area (Å²) in [5.41, 5.74) is 2.17. The van der Waals surface area contributed by atoms with Crippen LogP contribution in [0.5, 0.6) is 0 Å². The number of aromatic amines is 1. The van der Waals surface area contributed by atoms with Crippen LogP contribution in [0, 0.1) is 16.6 Å². The quantitative estimate of drug-likeness (QED) is 0.407. The number of aromatic nitrogens is 2. The third kappa shape index (κ3) is 4.60. The molecular weight excluding hydrogens is 360 g/mol. The predicted molar refractivity (Wildman–Crippen MR) is 107 cm³/mol. The number of hydrogen-bond donors (Lipinski definition) is 2. The first-order valence-corrected chi connectivity index (χ1v) is 8.79. The molecule has 1 aromatic heterocycles. The first kappa shape index (κ1) is 18.8. The first-order chi connectivity index (χ1) is 13.2. The highest BCUT2D eigenvalue weighted by Gasteiger charge is 2.14. The summed E-state index contributed by atoms with van der Waals surface area (Å²) < 4.78 is 7.36. The van der Waals surface area contributed by atoms with Crippen LogP contribution in [0.2, 0.25) is 0 Å². The predicted octanol–water partition coefficient (Wildman–Crippen LogP) is 2.94. The smallest absolute Gasteiger partial charge is 0.268 e. The molecule has 136 valence electrons. The van der Waals surface area contributed by atoms with Gasteiger partial charge in [0.05, 0.1) is 18.9 Å². The van der Waals surface area contributed by atoms with Crippen molar-refractivity contribution in [3.63, 3.8) is 0 Å². The van der Waals surface area contributed by atoms with Crippen molar-refractivity contribution < 1.29 is 9.84 Å². The summed E-state index contributed by atoms with van der Waals surface area (Å²) in [6.07, 6.45) is 0. The molecule has 3 aromatic rings. The minimum absolute atomic E-state index is 0.0976. The van der Waals surface area contributed by atoms with E-state index >= 15 is 0 Å². The van der Waals surface area contributed by atoms with Crippen LogP contribution < -0.4 is 5.56 Å². The van der Waals surface area contributed by atoms with E-state index in [1.54, 1.807) is 4.57 Å². The number of H-pyrrole nitrogens is 1. The molecule has 0 bridgehead atoms. The minimum Gasteiger partial charge on any atom is -0.394 e. The second-order valence-corrected chi connectivity index (χ2v) is 6.04. The van der Waals surface area contributed by atoms with Crippen molar-refractivity contribution >= 4 is 12.2 Å². The standard InChI is InChI=1S/C21H18N2O3S/c24-13-14-26-15-23-19(17-9-5-2-6-10-17)18(20(25)22-21(23)27)12-11-16-7-3-1-4-8-16/h1-10,24H,13-15H2,(H,22,25,27). The van der Waals surface area contributed by atoms with E-state index in [1.807, 2.05) is 60.7 Å². The Morgan fingerprint density at radius 3 is 2.37 bits per heavy atom. The Balaban J connectivity index is 2.20. The van der Waals surface area contributed by atoms with Crippen LogP contribution >= 0.6 is 12.2 Å². The molecule has 3 rings (SSSR count). The molecule has 0 aliphatic rings. The summed E-state index contributed by atoms with van der Waals surface area (Å²) in [6, 6.07) is 18.9. The molecule has 6 heteroatoms. The van der Waals surface area contributed by atoms with E-state index in [0.717, 1.165) is 11.1 Å². The van der Waals surface area contributed by atoms with Gasteiger partial charge in [0.1, 0.15) is 12.3 Å². The van der Waals surface area contributed by atoms with Crippen LogP contribution in [0.25, 0.3) is 11.3 Å². The van der Waals surface area contributed by atoms with Crippen LogP contribution in [0.1, 0.15) is 11.1 Å². The monoisotopic (exact) mass is 378 g/mol. The van der Waals surface area contributed by atoms with Gasteiger partial charge in [-0.25, -0.2) is 0 Å². The summed E-state index contributed by atoms with van der Waals surface area (Å²) >= 11 is 5.33. The minimum atomic E-state index is -0.347. The van der Waals surface area contributed by atoms with Crippen molar-refractivity contribution in [2.45, 2.75) is 6.73 Å². The summed E-state index contributed by atoms with van der Waals surface area (Å²) in [7, 11) is 0. The number of nitrogens with one attached hydrogen (secondary N) is 1. The molecule has 27 heavy (non-hydrogen) atoms. The Labute approximate surface area is 161 Å². The van der Waals surface area contributed by atoms with Crippen LogP contribution in [-0.2, 0) is 11.5 Å². The van der Waals surface area contributed by atoms with Crippen molar-refractivity contribution in [2.75, 3.05) is 13.2 Å². The summed E-state index contributed by atoms with van der Waals surface area (Å²) in [4.78, 5) is 15.3. The molecule has 1 heterocycles. The lowest BCUT2D eigenvalue weighted by Crippen LogP contribution is -2.21. The summed E-state index contributed by atoms with van der Waals surface area (Å²) in [6.45, 7) is 0.165. The summed E-state index contributed by atoms with van der Waals surface area (Å²) in [5, 5.41) is 8.97. The largest absolute Gasteiger partial charge is 0.394 e. The molecule has 0 fully saturated rings. The fourth-order valence-corrected chi connectivity index (χ4v) is 2.82. The zero-order valence-corrected chi connectivity index (χ0v) is 15.3. The molecule has 0 saturated heterocycles. The molecule has 2 aromatic carbocycles. The maximum atomic E-state index is 12.6. The fraction of sp³-hybridized carbons (Fsp3) is 0.143. The van der Waals surface area contributed by atoms with Crippen molar-refractivity contribution in [3.8, 4) is 23.1 Å². The molecule has 0 saturated carbocycles. The highest BCUT2D eigenvalue weighted by atomic mass is 32.1. The molecule has 5 nitrogen and oxygen atoms in total. The van der Waals surface area contributed by atoms with Gasteiger partial charge >= 0.3 is 0 Å². The van der Waals surface area contributed by atoms with E-state index in [9.17, 15) is 4.79 Å².